The van der Waals surface area contributed by atoms with E-state index in [2.05, 4.69) is 21.3 Å². The lowest BCUT2D eigenvalue weighted by Crippen LogP contribution is -2.60. The molecule has 136 valence electrons. The van der Waals surface area contributed by atoms with Crippen LogP contribution in [0.4, 0.5) is 0 Å². The van der Waals surface area contributed by atoms with Crippen molar-refractivity contribution in [3.63, 3.8) is 0 Å². The van der Waals surface area contributed by atoms with Gasteiger partial charge in [0.05, 0.1) is 0 Å². The van der Waals surface area contributed by atoms with Crippen LogP contribution in [0.15, 0.2) is 12.3 Å². The largest absolute Gasteiger partial charge is 0.350 e. The number of carbonyl (C=O) groups is 1. The van der Waals surface area contributed by atoms with Crippen molar-refractivity contribution in [2.24, 2.45) is 0 Å². The van der Waals surface area contributed by atoms with Gasteiger partial charge in [-0.15, -0.1) is 0 Å². The molecule has 4 rings (SSSR count). The van der Waals surface area contributed by atoms with E-state index in [-0.39, 0.29) is 11.4 Å². The predicted octanol–water partition coefficient (Wildman–Crippen LogP) is 3.38. The van der Waals surface area contributed by atoms with Gasteiger partial charge in [0.25, 0.3) is 0 Å². The summed E-state index contributed by atoms with van der Waals surface area (Å²) in [5.41, 5.74) is 3.55. The fraction of sp³-hybridized carbons (Fsp3) is 0.714. The molecule has 0 bridgehead atoms. The molecule has 2 fully saturated rings. The zero-order valence-electron chi connectivity index (χ0n) is 15.4. The Hall–Kier alpha value is -1.42. The zero-order valence-corrected chi connectivity index (χ0v) is 15.4. The third-order valence-corrected chi connectivity index (χ3v) is 6.49. The quantitative estimate of drug-likeness (QED) is 0.913. The van der Waals surface area contributed by atoms with Gasteiger partial charge in [-0.1, -0.05) is 31.7 Å². The number of carbonyl (C=O) groups excluding carboxylic acids is 1. The SMILES string of the molecule is O=C(NCc1cnc2c(c1)CCC2)C1(N2CCCCC2)CCCCC1. The number of hydrogen-bond acceptors (Lipinski definition) is 3. The summed E-state index contributed by atoms with van der Waals surface area (Å²) in [5, 5.41) is 3.28. The molecule has 3 aliphatic rings. The van der Waals surface area contributed by atoms with Gasteiger partial charge in [-0.2, -0.15) is 0 Å². The summed E-state index contributed by atoms with van der Waals surface area (Å²) in [6, 6.07) is 2.25. The molecular formula is C21H31N3O. The average molecular weight is 341 g/mol. The molecule has 1 aromatic heterocycles. The Morgan fingerprint density at radius 1 is 1.04 bits per heavy atom. The molecule has 0 spiro atoms. The first-order valence-corrected chi connectivity index (χ1v) is 10.3. The lowest BCUT2D eigenvalue weighted by molar-refractivity contribution is -0.137. The molecule has 0 unspecified atom stereocenters. The van der Waals surface area contributed by atoms with Crippen LogP contribution in [-0.4, -0.2) is 34.4 Å². The summed E-state index contributed by atoms with van der Waals surface area (Å²) in [5.74, 6) is 0.259. The highest BCUT2D eigenvalue weighted by molar-refractivity contribution is 5.86. The minimum atomic E-state index is -0.247. The summed E-state index contributed by atoms with van der Waals surface area (Å²) in [6.07, 6.45) is 14.9. The highest BCUT2D eigenvalue weighted by Crippen LogP contribution is 2.36. The van der Waals surface area contributed by atoms with E-state index in [1.807, 2.05) is 6.20 Å². The number of aromatic nitrogens is 1. The van der Waals surface area contributed by atoms with E-state index >= 15 is 0 Å². The summed E-state index contributed by atoms with van der Waals surface area (Å²) in [7, 11) is 0. The number of nitrogens with zero attached hydrogens (tertiary/aromatic N) is 2. The van der Waals surface area contributed by atoms with Crippen LogP contribution in [0, 0.1) is 0 Å². The minimum absolute atomic E-state index is 0.247. The van der Waals surface area contributed by atoms with Gasteiger partial charge in [-0.3, -0.25) is 14.7 Å². The first kappa shape index (κ1) is 17.0. The fourth-order valence-corrected chi connectivity index (χ4v) is 5.07. The Bertz CT molecular complexity index is 616. The standard InChI is InChI=1S/C21H31N3O/c25-20(23-16-17-14-18-8-7-9-19(18)22-15-17)21(10-3-1-4-11-21)24-12-5-2-6-13-24/h14-15H,1-13,16H2,(H,23,25). The fourth-order valence-electron chi connectivity index (χ4n) is 5.07. The molecule has 4 heteroatoms. The third-order valence-electron chi connectivity index (χ3n) is 6.49. The normalized spacial score (nSPS) is 23.2. The average Bonchev–Trinajstić information content (AvgIpc) is 3.15. The molecule has 25 heavy (non-hydrogen) atoms. The van der Waals surface area contributed by atoms with Crippen LogP contribution >= 0.6 is 0 Å². The van der Waals surface area contributed by atoms with Crippen molar-refractivity contribution in [2.75, 3.05) is 13.1 Å². The lowest BCUT2D eigenvalue weighted by Gasteiger charge is -2.46. The summed E-state index contributed by atoms with van der Waals surface area (Å²) in [4.78, 5) is 20.4. The first-order valence-electron chi connectivity index (χ1n) is 10.3. The van der Waals surface area contributed by atoms with Crippen molar-refractivity contribution >= 4 is 5.91 Å². The number of piperidine rings is 1. The van der Waals surface area contributed by atoms with E-state index in [1.165, 1.54) is 56.2 Å². The molecule has 0 atom stereocenters. The van der Waals surface area contributed by atoms with E-state index < -0.39 is 0 Å². The summed E-state index contributed by atoms with van der Waals surface area (Å²) < 4.78 is 0. The van der Waals surface area contributed by atoms with Gasteiger partial charge in [0.15, 0.2) is 0 Å². The number of likely N-dealkylation sites (tertiary alicyclic amines) is 1. The molecule has 1 N–H and O–H groups in total. The molecule has 2 heterocycles. The number of hydrogen-bond donors (Lipinski definition) is 1. The molecular weight excluding hydrogens is 310 g/mol. The van der Waals surface area contributed by atoms with Crippen molar-refractivity contribution in [1.29, 1.82) is 0 Å². The van der Waals surface area contributed by atoms with E-state index in [1.54, 1.807) is 0 Å². The molecule has 1 saturated heterocycles. The van der Waals surface area contributed by atoms with Crippen LogP contribution in [0.1, 0.15) is 74.6 Å². The lowest BCUT2D eigenvalue weighted by atomic mass is 9.78. The maximum atomic E-state index is 13.3. The zero-order chi connectivity index (χ0) is 17.1. The second kappa shape index (κ2) is 7.45. The monoisotopic (exact) mass is 341 g/mol. The first-order chi connectivity index (χ1) is 12.3. The predicted molar refractivity (Wildman–Crippen MR) is 99.3 cm³/mol. The molecule has 1 aromatic rings. The van der Waals surface area contributed by atoms with Gasteiger partial charge in [0, 0.05) is 18.4 Å². The van der Waals surface area contributed by atoms with Gasteiger partial charge < -0.3 is 5.32 Å². The van der Waals surface area contributed by atoms with Crippen molar-refractivity contribution in [3.05, 3.63) is 29.1 Å². The Balaban J connectivity index is 1.45. The number of rotatable bonds is 4. The van der Waals surface area contributed by atoms with E-state index in [0.29, 0.717) is 6.54 Å². The number of nitrogens with one attached hydrogen (secondary N) is 1. The van der Waals surface area contributed by atoms with E-state index in [4.69, 9.17) is 0 Å². The van der Waals surface area contributed by atoms with E-state index in [9.17, 15) is 4.79 Å². The second-order valence-corrected chi connectivity index (χ2v) is 8.13. The van der Waals surface area contributed by atoms with Gasteiger partial charge in [0.1, 0.15) is 5.54 Å². The minimum Gasteiger partial charge on any atom is -0.350 e. The summed E-state index contributed by atoms with van der Waals surface area (Å²) in [6.45, 7) is 2.80. The highest BCUT2D eigenvalue weighted by atomic mass is 16.2. The van der Waals surface area contributed by atoms with Crippen molar-refractivity contribution < 1.29 is 4.79 Å². The van der Waals surface area contributed by atoms with Crippen LogP contribution in [0.25, 0.3) is 0 Å². The van der Waals surface area contributed by atoms with Crippen LogP contribution in [-0.2, 0) is 24.2 Å². The molecule has 1 amide bonds. The molecule has 0 radical (unpaired) electrons. The molecule has 1 saturated carbocycles. The Labute approximate surface area is 151 Å². The maximum absolute atomic E-state index is 13.3. The molecule has 4 nitrogen and oxygen atoms in total. The number of pyridine rings is 1. The van der Waals surface area contributed by atoms with Gasteiger partial charge in [-0.05, 0) is 69.2 Å². The van der Waals surface area contributed by atoms with Gasteiger partial charge in [-0.25, -0.2) is 0 Å². The summed E-state index contributed by atoms with van der Waals surface area (Å²) >= 11 is 0. The number of amides is 1. The number of fused-ring (bicyclic) bond motifs is 1. The van der Waals surface area contributed by atoms with E-state index in [0.717, 1.165) is 44.3 Å². The van der Waals surface area contributed by atoms with Crippen molar-refractivity contribution in [2.45, 2.75) is 82.7 Å². The molecule has 0 aromatic carbocycles. The molecule has 1 aliphatic heterocycles. The van der Waals surface area contributed by atoms with Crippen LogP contribution in [0.5, 0.6) is 0 Å². The van der Waals surface area contributed by atoms with Gasteiger partial charge >= 0.3 is 0 Å². The Kier molecular flexibility index (Phi) is 5.07. The Morgan fingerprint density at radius 3 is 2.60 bits per heavy atom. The number of aryl methyl sites for hydroxylation is 2. The Morgan fingerprint density at radius 2 is 1.80 bits per heavy atom. The van der Waals surface area contributed by atoms with Crippen molar-refractivity contribution in [3.8, 4) is 0 Å². The third kappa shape index (κ3) is 3.46. The van der Waals surface area contributed by atoms with Crippen LogP contribution in [0.2, 0.25) is 0 Å². The van der Waals surface area contributed by atoms with Crippen LogP contribution in [0.3, 0.4) is 0 Å². The van der Waals surface area contributed by atoms with Crippen LogP contribution < -0.4 is 5.32 Å². The van der Waals surface area contributed by atoms with Crippen molar-refractivity contribution in [1.82, 2.24) is 15.2 Å². The second-order valence-electron chi connectivity index (χ2n) is 8.13. The molecule has 2 aliphatic carbocycles. The van der Waals surface area contributed by atoms with Gasteiger partial charge in [0.2, 0.25) is 5.91 Å². The topological polar surface area (TPSA) is 45.2 Å². The highest BCUT2D eigenvalue weighted by Gasteiger charge is 2.44. The maximum Gasteiger partial charge on any atom is 0.240 e. The smallest absolute Gasteiger partial charge is 0.240 e.